The van der Waals surface area contributed by atoms with Gasteiger partial charge in [-0.05, 0) is 17.7 Å². The summed E-state index contributed by atoms with van der Waals surface area (Å²) in [6, 6.07) is 8.08. The smallest absolute Gasteiger partial charge is 0.352 e. The van der Waals surface area contributed by atoms with Gasteiger partial charge < -0.3 is 15.2 Å². The molecule has 0 radical (unpaired) electrons. The van der Waals surface area contributed by atoms with Crippen molar-refractivity contribution in [1.29, 1.82) is 0 Å². The van der Waals surface area contributed by atoms with Crippen molar-refractivity contribution in [2.75, 3.05) is 18.2 Å². The molecule has 1 unspecified atom stereocenters. The lowest BCUT2D eigenvalue weighted by atomic mass is 10.0. The number of benzene rings is 1. The number of amides is 2. The fraction of sp³-hybridized carbons (Fsp3) is 0.312. The van der Waals surface area contributed by atoms with Crippen LogP contribution in [0.15, 0.2) is 41.6 Å². The Morgan fingerprint density at radius 2 is 2.08 bits per heavy atom. The number of nitrogens with one attached hydrogen (secondary N) is 1. The molecule has 132 valence electrons. The van der Waals surface area contributed by atoms with Gasteiger partial charge in [0, 0.05) is 11.6 Å². The Bertz CT molecular complexity index is 739. The molecule has 0 saturated carbocycles. The van der Waals surface area contributed by atoms with Gasteiger partial charge in [-0.25, -0.2) is 4.79 Å². The van der Waals surface area contributed by atoms with Crippen LogP contribution < -0.4 is 10.1 Å². The number of carbonyl (C=O) groups excluding carboxylic acids is 2. The summed E-state index contributed by atoms with van der Waals surface area (Å²) < 4.78 is 5.34. The van der Waals surface area contributed by atoms with E-state index in [1.807, 2.05) is 6.07 Å². The molecule has 7 nitrogen and oxygen atoms in total. The van der Waals surface area contributed by atoms with Crippen molar-refractivity contribution in [3.63, 3.8) is 0 Å². The molecule has 1 saturated heterocycles. The quantitative estimate of drug-likeness (QED) is 0.564. The number of halogens is 1. The van der Waals surface area contributed by atoms with E-state index in [0.29, 0.717) is 17.1 Å². The molecule has 0 aliphatic carbocycles. The minimum absolute atomic E-state index is 0.0487. The topological polar surface area (TPSA) is 95.9 Å². The molecule has 0 bridgehead atoms. The summed E-state index contributed by atoms with van der Waals surface area (Å²) in [5.41, 5.74) is 0.427. The van der Waals surface area contributed by atoms with Gasteiger partial charge in [-0.2, -0.15) is 0 Å². The number of rotatable bonds is 6. The third-order valence-corrected chi connectivity index (χ3v) is 5.50. The molecule has 0 spiro atoms. The predicted octanol–water partition coefficient (Wildman–Crippen LogP) is 1.04. The maximum atomic E-state index is 12.3. The van der Waals surface area contributed by atoms with Crippen molar-refractivity contribution in [3.05, 3.63) is 41.6 Å². The maximum absolute atomic E-state index is 12.3. The standard InChI is InChI=1S/C16H15ClN2O5S/c17-6-9-8-25-15-12(14(21)19(15)13(9)16(22)23)18-11(20)7-24-10-4-2-1-3-5-10/h1-5,12,15H,6-8H2,(H,18,20)(H,22,23)/t12?,15-/m1/s1. The molecule has 2 amide bonds. The molecular formula is C16H15ClN2O5S. The van der Waals surface area contributed by atoms with Crippen LogP contribution in [-0.4, -0.2) is 57.4 Å². The number of carboxylic acid groups (broad SMARTS) is 1. The largest absolute Gasteiger partial charge is 0.484 e. The second-order valence-corrected chi connectivity index (χ2v) is 6.82. The van der Waals surface area contributed by atoms with Crippen molar-refractivity contribution in [2.45, 2.75) is 11.4 Å². The molecule has 3 rings (SSSR count). The average Bonchev–Trinajstić information content (AvgIpc) is 2.63. The molecular weight excluding hydrogens is 368 g/mol. The van der Waals surface area contributed by atoms with E-state index in [1.165, 1.54) is 16.7 Å². The number of carbonyl (C=O) groups is 3. The Morgan fingerprint density at radius 1 is 1.36 bits per heavy atom. The fourth-order valence-electron chi connectivity index (χ4n) is 2.67. The number of carboxylic acids is 1. The van der Waals surface area contributed by atoms with Crippen molar-refractivity contribution in [1.82, 2.24) is 10.2 Å². The highest BCUT2D eigenvalue weighted by Gasteiger charge is 2.54. The van der Waals surface area contributed by atoms with Gasteiger partial charge in [0.05, 0.1) is 0 Å². The van der Waals surface area contributed by atoms with E-state index in [-0.39, 0.29) is 18.2 Å². The summed E-state index contributed by atoms with van der Waals surface area (Å²) in [4.78, 5) is 36.9. The van der Waals surface area contributed by atoms with Crippen LogP contribution in [0.4, 0.5) is 0 Å². The Kier molecular flexibility index (Phi) is 5.19. The third kappa shape index (κ3) is 3.45. The molecule has 1 fully saturated rings. The zero-order valence-electron chi connectivity index (χ0n) is 13.0. The van der Waals surface area contributed by atoms with Crippen molar-refractivity contribution in [3.8, 4) is 5.75 Å². The van der Waals surface area contributed by atoms with Crippen LogP contribution in [0.3, 0.4) is 0 Å². The first-order valence-electron chi connectivity index (χ1n) is 7.46. The maximum Gasteiger partial charge on any atom is 0.352 e. The van der Waals surface area contributed by atoms with Crippen molar-refractivity contribution < 1.29 is 24.2 Å². The summed E-state index contributed by atoms with van der Waals surface area (Å²) in [6.45, 7) is -0.222. The molecule has 2 aliphatic rings. The van der Waals surface area contributed by atoms with Gasteiger partial charge in [-0.3, -0.25) is 14.5 Å². The lowest BCUT2D eigenvalue weighted by Crippen LogP contribution is -2.70. The molecule has 2 aliphatic heterocycles. The molecule has 1 aromatic carbocycles. The van der Waals surface area contributed by atoms with E-state index < -0.39 is 29.2 Å². The van der Waals surface area contributed by atoms with Crippen LogP contribution in [0.2, 0.25) is 0 Å². The molecule has 2 heterocycles. The summed E-state index contributed by atoms with van der Waals surface area (Å²) >= 11 is 7.14. The molecule has 2 N–H and O–H groups in total. The Morgan fingerprint density at radius 3 is 2.72 bits per heavy atom. The number of nitrogens with zero attached hydrogens (tertiary/aromatic N) is 1. The second-order valence-electron chi connectivity index (χ2n) is 5.45. The van der Waals surface area contributed by atoms with E-state index in [2.05, 4.69) is 5.32 Å². The first-order valence-corrected chi connectivity index (χ1v) is 9.04. The summed E-state index contributed by atoms with van der Waals surface area (Å²) in [5.74, 6) is -1.07. The van der Waals surface area contributed by atoms with Crippen LogP contribution in [0.5, 0.6) is 5.75 Å². The number of hydrogen-bond donors (Lipinski definition) is 2. The van der Waals surface area contributed by atoms with E-state index >= 15 is 0 Å². The fourth-order valence-corrected chi connectivity index (χ4v) is 4.35. The lowest BCUT2D eigenvalue weighted by molar-refractivity contribution is -0.150. The van der Waals surface area contributed by atoms with Gasteiger partial charge in [-0.15, -0.1) is 23.4 Å². The molecule has 9 heteroatoms. The third-order valence-electron chi connectivity index (χ3n) is 3.84. The van der Waals surface area contributed by atoms with Gasteiger partial charge >= 0.3 is 5.97 Å². The number of alkyl halides is 1. The zero-order chi connectivity index (χ0) is 18.0. The number of hydrogen-bond acceptors (Lipinski definition) is 5. The number of thioether (sulfide) groups is 1. The number of para-hydroxylation sites is 1. The van der Waals surface area contributed by atoms with E-state index in [9.17, 15) is 19.5 Å². The number of fused-ring (bicyclic) bond motifs is 1. The number of β-lactam (4-membered cyclic amide) rings is 1. The van der Waals surface area contributed by atoms with Crippen LogP contribution in [0.25, 0.3) is 0 Å². The van der Waals surface area contributed by atoms with Gasteiger partial charge in [-0.1, -0.05) is 18.2 Å². The SMILES string of the molecule is O=C(COc1ccccc1)NC1C(=O)N2C(C(=O)O)=C(CCl)CS[C@H]12. The van der Waals surface area contributed by atoms with Crippen LogP contribution in [0.1, 0.15) is 0 Å². The van der Waals surface area contributed by atoms with E-state index in [4.69, 9.17) is 16.3 Å². The molecule has 2 atom stereocenters. The summed E-state index contributed by atoms with van der Waals surface area (Å²) in [5, 5.41) is 11.5. The molecule has 25 heavy (non-hydrogen) atoms. The predicted molar refractivity (Wildman–Crippen MR) is 92.3 cm³/mol. The first-order chi connectivity index (χ1) is 12.0. The normalized spacial score (nSPS) is 22.1. The van der Waals surface area contributed by atoms with E-state index in [0.717, 1.165) is 0 Å². The van der Waals surface area contributed by atoms with Crippen molar-refractivity contribution >= 4 is 41.1 Å². The lowest BCUT2D eigenvalue weighted by Gasteiger charge is -2.49. The highest BCUT2D eigenvalue weighted by atomic mass is 35.5. The van der Waals surface area contributed by atoms with Crippen LogP contribution in [0, 0.1) is 0 Å². The average molecular weight is 383 g/mol. The minimum atomic E-state index is -1.19. The Labute approximate surface area is 153 Å². The van der Waals surface area contributed by atoms with Gasteiger partial charge in [0.1, 0.15) is 22.9 Å². The summed E-state index contributed by atoms with van der Waals surface area (Å²) in [7, 11) is 0. The highest BCUT2D eigenvalue weighted by molar-refractivity contribution is 8.00. The number of ether oxygens (including phenoxy) is 1. The summed E-state index contributed by atoms with van der Waals surface area (Å²) in [6.07, 6.45) is 0. The van der Waals surface area contributed by atoms with E-state index in [1.54, 1.807) is 24.3 Å². The highest BCUT2D eigenvalue weighted by Crippen LogP contribution is 2.40. The number of aliphatic carboxylic acids is 1. The monoisotopic (exact) mass is 382 g/mol. The van der Waals surface area contributed by atoms with Crippen molar-refractivity contribution in [2.24, 2.45) is 0 Å². The Balaban J connectivity index is 1.61. The van der Waals surface area contributed by atoms with Crippen LogP contribution in [-0.2, 0) is 14.4 Å². The molecule has 1 aromatic rings. The molecule has 0 aromatic heterocycles. The second kappa shape index (κ2) is 7.37. The van der Waals surface area contributed by atoms with Crippen LogP contribution >= 0.6 is 23.4 Å². The Hall–Kier alpha value is -2.19. The zero-order valence-corrected chi connectivity index (χ0v) is 14.5. The van der Waals surface area contributed by atoms with Gasteiger partial charge in [0.15, 0.2) is 6.61 Å². The van der Waals surface area contributed by atoms with Gasteiger partial charge in [0.2, 0.25) is 0 Å². The van der Waals surface area contributed by atoms with Gasteiger partial charge in [0.25, 0.3) is 11.8 Å². The first kappa shape index (κ1) is 17.6. The minimum Gasteiger partial charge on any atom is -0.484 e.